The van der Waals surface area contributed by atoms with Crippen LogP contribution in [0.2, 0.25) is 0 Å². The molecule has 27 heavy (non-hydrogen) atoms. The highest BCUT2D eigenvalue weighted by molar-refractivity contribution is 5.89. The Kier molecular flexibility index (Phi) is 21.2. The Bertz CT molecular complexity index is 620. The van der Waals surface area contributed by atoms with Crippen molar-refractivity contribution in [3.8, 4) is 0 Å². The van der Waals surface area contributed by atoms with Crippen molar-refractivity contribution in [1.82, 2.24) is 0 Å². The van der Waals surface area contributed by atoms with E-state index in [2.05, 4.69) is 31.1 Å². The number of esters is 1. The minimum atomic E-state index is -1.26. The van der Waals surface area contributed by atoms with Crippen LogP contribution in [0.15, 0.2) is 86.5 Å². The molecule has 0 saturated carbocycles. The summed E-state index contributed by atoms with van der Waals surface area (Å²) in [7, 11) is 1.33. The Balaban J connectivity index is -0.000000293. The number of hydrogen-bond donors (Lipinski definition) is 2. The van der Waals surface area contributed by atoms with E-state index in [0.29, 0.717) is 17.7 Å². The normalized spacial score (nSPS) is 8.07. The van der Waals surface area contributed by atoms with Crippen molar-refractivity contribution in [1.29, 1.82) is 0 Å². The second-order valence-electron chi connectivity index (χ2n) is 4.37. The summed E-state index contributed by atoms with van der Waals surface area (Å²) in [6.07, 6.45) is 6.23. The van der Waals surface area contributed by atoms with Crippen LogP contribution < -0.4 is 0 Å². The van der Waals surface area contributed by atoms with Crippen molar-refractivity contribution >= 4 is 24.0 Å². The summed E-state index contributed by atoms with van der Waals surface area (Å²) in [6.45, 7) is 15.3. The molecule has 1 aromatic rings. The van der Waals surface area contributed by atoms with Gasteiger partial charge in [0.25, 0.3) is 0 Å². The van der Waals surface area contributed by atoms with Crippen LogP contribution >= 0.6 is 0 Å². The first-order chi connectivity index (χ1) is 12.7. The number of hydrogen-bond acceptors (Lipinski definition) is 4. The number of methoxy groups -OCH3 is 1. The second kappa shape index (κ2) is 20.4. The molecule has 0 aliphatic carbocycles. The van der Waals surface area contributed by atoms with Crippen LogP contribution in [0.5, 0.6) is 0 Å². The van der Waals surface area contributed by atoms with Crippen LogP contribution in [0, 0.1) is 0 Å². The van der Waals surface area contributed by atoms with Crippen molar-refractivity contribution < 1.29 is 29.3 Å². The van der Waals surface area contributed by atoms with Crippen molar-refractivity contribution in [3.63, 3.8) is 0 Å². The van der Waals surface area contributed by atoms with Gasteiger partial charge in [0.1, 0.15) is 0 Å². The molecule has 0 unspecified atom stereocenters. The van der Waals surface area contributed by atoms with E-state index in [-0.39, 0.29) is 5.97 Å². The number of carboxylic acid groups (broad SMARTS) is 2. The van der Waals surface area contributed by atoms with Crippen LogP contribution in [-0.4, -0.2) is 35.2 Å². The lowest BCUT2D eigenvalue weighted by Gasteiger charge is -1.91. The van der Waals surface area contributed by atoms with Gasteiger partial charge in [0, 0.05) is 17.7 Å². The summed E-state index contributed by atoms with van der Waals surface area (Å²) in [4.78, 5) is 29.3. The summed E-state index contributed by atoms with van der Waals surface area (Å²) in [5, 5.41) is 15.6. The molecule has 6 nitrogen and oxygen atoms in total. The zero-order chi connectivity index (χ0) is 21.7. The lowest BCUT2D eigenvalue weighted by molar-refractivity contribution is -0.136. The summed E-state index contributed by atoms with van der Waals surface area (Å²) < 4.78 is 4.27. The fourth-order valence-corrected chi connectivity index (χ4v) is 0.906. The molecule has 6 heteroatoms. The monoisotopic (exact) mass is 374 g/mol. The molecule has 0 spiro atoms. The van der Waals surface area contributed by atoms with Crippen LogP contribution in [0.4, 0.5) is 0 Å². The van der Waals surface area contributed by atoms with Crippen molar-refractivity contribution in [2.45, 2.75) is 6.92 Å². The van der Waals surface area contributed by atoms with Crippen molar-refractivity contribution in [2.75, 3.05) is 7.11 Å². The lowest BCUT2D eigenvalue weighted by Crippen LogP contribution is -1.98. The molecule has 0 fully saturated rings. The molecule has 0 bridgehead atoms. The second-order valence-corrected chi connectivity index (χ2v) is 4.37. The van der Waals surface area contributed by atoms with Gasteiger partial charge in [0.15, 0.2) is 0 Å². The SMILES string of the molecule is C=C(C)C(=O)OC.C=CC=C.C=Cc1ccccc1.O=C(O)/C=C/C(=O)O. The standard InChI is InChI=1S/C8H8.C5H8O2.C4H4O4.C4H6/c1-2-8-6-4-3-5-7-8;1-4(2)5(6)7-3;5-3(6)1-2-4(7)8;1-3-4-2/h2-7H,1H2;1H2,2-3H3;1-2H,(H,5,6)(H,7,8);3-4H,1-2H2/b;;2-1+;. The first-order valence-electron chi connectivity index (χ1n) is 7.44. The third-order valence-electron chi connectivity index (χ3n) is 2.10. The summed E-state index contributed by atoms with van der Waals surface area (Å²) in [5.41, 5.74) is 1.61. The minimum absolute atomic E-state index is 0.347. The molecule has 0 aromatic heterocycles. The molecule has 2 N–H and O–H groups in total. The van der Waals surface area contributed by atoms with Gasteiger partial charge in [-0.25, -0.2) is 14.4 Å². The van der Waals surface area contributed by atoms with Crippen LogP contribution in [0.25, 0.3) is 6.08 Å². The number of allylic oxidation sites excluding steroid dienone is 2. The molecule has 0 heterocycles. The van der Waals surface area contributed by atoms with E-state index < -0.39 is 11.9 Å². The highest BCUT2D eigenvalue weighted by Crippen LogP contribution is 1.97. The predicted molar refractivity (Wildman–Crippen MR) is 108 cm³/mol. The number of carbonyl (C=O) groups is 3. The van der Waals surface area contributed by atoms with E-state index in [1.807, 2.05) is 36.4 Å². The largest absolute Gasteiger partial charge is 0.478 e. The Morgan fingerprint density at radius 1 is 0.926 bits per heavy atom. The molecule has 0 aliphatic rings. The number of rotatable bonds is 5. The zero-order valence-corrected chi connectivity index (χ0v) is 15.6. The summed E-state index contributed by atoms with van der Waals surface area (Å²) in [5.74, 6) is -2.86. The molecule has 0 atom stereocenters. The molecule has 0 aliphatic heterocycles. The van der Waals surface area contributed by atoms with E-state index in [1.165, 1.54) is 12.7 Å². The van der Waals surface area contributed by atoms with Crippen LogP contribution in [-0.2, 0) is 19.1 Å². The van der Waals surface area contributed by atoms with Crippen LogP contribution in [0.1, 0.15) is 12.5 Å². The first kappa shape index (κ1) is 28.1. The Morgan fingerprint density at radius 3 is 1.48 bits per heavy atom. The van der Waals surface area contributed by atoms with Gasteiger partial charge in [-0.15, -0.1) is 0 Å². The Hall–Kier alpha value is -3.67. The average Bonchev–Trinajstić information content (AvgIpc) is 2.67. The smallest absolute Gasteiger partial charge is 0.332 e. The topological polar surface area (TPSA) is 101 Å². The molecular formula is C21H26O6. The highest BCUT2D eigenvalue weighted by atomic mass is 16.5. The minimum Gasteiger partial charge on any atom is -0.478 e. The number of ether oxygens (including phenoxy) is 1. The maximum Gasteiger partial charge on any atom is 0.332 e. The molecule has 1 aromatic carbocycles. The Labute approximate surface area is 160 Å². The van der Waals surface area contributed by atoms with Gasteiger partial charge in [0.2, 0.25) is 0 Å². The molecule has 0 amide bonds. The van der Waals surface area contributed by atoms with Gasteiger partial charge in [-0.2, -0.15) is 0 Å². The van der Waals surface area contributed by atoms with Crippen molar-refractivity contribution in [2.24, 2.45) is 0 Å². The van der Waals surface area contributed by atoms with Crippen molar-refractivity contribution in [3.05, 3.63) is 92.1 Å². The maximum atomic E-state index is 10.2. The molecule has 0 radical (unpaired) electrons. The number of benzene rings is 1. The van der Waals surface area contributed by atoms with Gasteiger partial charge < -0.3 is 14.9 Å². The van der Waals surface area contributed by atoms with E-state index in [9.17, 15) is 14.4 Å². The van der Waals surface area contributed by atoms with Gasteiger partial charge >= 0.3 is 17.9 Å². The van der Waals surface area contributed by atoms with E-state index >= 15 is 0 Å². The zero-order valence-electron chi connectivity index (χ0n) is 15.6. The average molecular weight is 374 g/mol. The van der Waals surface area contributed by atoms with Gasteiger partial charge in [-0.3, -0.25) is 0 Å². The predicted octanol–water partition coefficient (Wildman–Crippen LogP) is 4.14. The third kappa shape index (κ3) is 27.5. The third-order valence-corrected chi connectivity index (χ3v) is 2.10. The maximum absolute atomic E-state index is 10.2. The molecule has 146 valence electrons. The number of carbonyl (C=O) groups excluding carboxylic acids is 1. The van der Waals surface area contributed by atoms with Gasteiger partial charge in [0.05, 0.1) is 7.11 Å². The van der Waals surface area contributed by atoms with Crippen LogP contribution in [0.3, 0.4) is 0 Å². The quantitative estimate of drug-likeness (QED) is 0.456. The fraction of sp³-hybridized carbons (Fsp3) is 0.0952. The highest BCUT2D eigenvalue weighted by Gasteiger charge is 1.95. The molecule has 0 saturated heterocycles. The van der Waals surface area contributed by atoms with Gasteiger partial charge in [-0.1, -0.05) is 74.9 Å². The Morgan fingerprint density at radius 2 is 1.33 bits per heavy atom. The first-order valence-corrected chi connectivity index (χ1v) is 7.44. The molecule has 1 rings (SSSR count). The number of aliphatic carboxylic acids is 2. The van der Waals surface area contributed by atoms with E-state index in [4.69, 9.17) is 10.2 Å². The van der Waals surface area contributed by atoms with Gasteiger partial charge in [-0.05, 0) is 12.5 Å². The summed E-state index contributed by atoms with van der Waals surface area (Å²) >= 11 is 0. The fourth-order valence-electron chi connectivity index (χ4n) is 0.906. The lowest BCUT2D eigenvalue weighted by atomic mass is 10.2. The van der Waals surface area contributed by atoms with E-state index in [0.717, 1.165) is 0 Å². The number of carboxylic acids is 2. The molecular weight excluding hydrogens is 348 g/mol. The summed E-state index contributed by atoms with van der Waals surface area (Å²) in [6, 6.07) is 10.0. The van der Waals surface area contributed by atoms with E-state index in [1.54, 1.807) is 19.1 Å².